The molecular formula is C33H22N7Na3O12S3. The molecule has 0 aliphatic rings. The Hall–Kier alpha value is -3.56. The summed E-state index contributed by atoms with van der Waals surface area (Å²) in [6.45, 7) is 0. The number of hydrogen-bond donors (Lipinski definition) is 5. The zero-order valence-corrected chi connectivity index (χ0v) is 38.7. The van der Waals surface area contributed by atoms with Gasteiger partial charge in [-0.15, -0.1) is 10.2 Å². The molecule has 0 spiro atoms. The Kier molecular flexibility index (Phi) is 15.8. The number of aliphatic imine (C=N–C) groups is 1. The van der Waals surface area contributed by atoms with E-state index in [0.717, 1.165) is 30.3 Å². The Balaban J connectivity index is 0.00000300. The first-order valence-corrected chi connectivity index (χ1v) is 19.4. The van der Waals surface area contributed by atoms with E-state index < -0.39 is 73.8 Å². The molecule has 0 amide bonds. The van der Waals surface area contributed by atoms with E-state index in [9.17, 15) is 54.2 Å². The van der Waals surface area contributed by atoms with E-state index in [1.165, 1.54) is 60.7 Å². The van der Waals surface area contributed by atoms with Crippen molar-refractivity contribution in [3.63, 3.8) is 0 Å². The Morgan fingerprint density at radius 3 is 1.59 bits per heavy atom. The van der Waals surface area contributed by atoms with Crippen LogP contribution in [-0.4, -0.2) is 44.8 Å². The Labute approximate surface area is 395 Å². The van der Waals surface area contributed by atoms with Crippen LogP contribution >= 0.6 is 0 Å². The molecule has 0 heterocycles. The molecule has 58 heavy (non-hydrogen) atoms. The van der Waals surface area contributed by atoms with Gasteiger partial charge in [-0.25, -0.2) is 0 Å². The van der Waals surface area contributed by atoms with Crippen LogP contribution in [0.15, 0.2) is 131 Å². The summed E-state index contributed by atoms with van der Waals surface area (Å²) in [5.41, 5.74) is 11.2. The number of nitrogen functional groups attached to an aromatic ring is 2. The summed E-state index contributed by atoms with van der Waals surface area (Å²) < 4.78 is 98.9. The first-order valence-electron chi connectivity index (χ1n) is 15.0. The van der Waals surface area contributed by atoms with E-state index in [0.29, 0.717) is 0 Å². The van der Waals surface area contributed by atoms with E-state index >= 15 is 0 Å². The number of anilines is 2. The van der Waals surface area contributed by atoms with Gasteiger partial charge >= 0.3 is 88.7 Å². The second-order valence-corrected chi connectivity index (χ2v) is 15.7. The van der Waals surface area contributed by atoms with Crippen LogP contribution in [0.4, 0.5) is 39.8 Å². The predicted octanol–water partition coefficient (Wildman–Crippen LogP) is -4.67. The minimum absolute atomic E-state index is 0. The molecule has 0 aliphatic carbocycles. The molecule has 6 aromatic rings. The third-order valence-electron chi connectivity index (χ3n) is 7.79. The molecule has 0 bridgehead atoms. The fourth-order valence-corrected chi connectivity index (χ4v) is 6.97. The Morgan fingerprint density at radius 1 is 0.534 bits per heavy atom. The molecule has 25 heteroatoms. The van der Waals surface area contributed by atoms with Crippen LogP contribution in [-0.2, 0) is 30.4 Å². The van der Waals surface area contributed by atoms with Crippen LogP contribution in [0, 0.1) is 0 Å². The van der Waals surface area contributed by atoms with Gasteiger partial charge < -0.3 is 26.8 Å². The van der Waals surface area contributed by atoms with Crippen molar-refractivity contribution >= 4 is 97.6 Å². The quantitative estimate of drug-likeness (QED) is 0.0228. The second kappa shape index (κ2) is 18.8. The van der Waals surface area contributed by atoms with E-state index in [4.69, 9.17) is 11.5 Å². The van der Waals surface area contributed by atoms with E-state index in [1.807, 2.05) is 0 Å². The maximum Gasteiger partial charge on any atom is 1.00 e. The molecule has 0 atom stereocenters. The van der Waals surface area contributed by atoms with Crippen molar-refractivity contribution < 1.29 is 143 Å². The summed E-state index contributed by atoms with van der Waals surface area (Å²) in [4.78, 5) is 1.70. The van der Waals surface area contributed by atoms with Crippen molar-refractivity contribution in [1.82, 2.24) is 0 Å². The molecule has 0 aliphatic heterocycles. The largest absolute Gasteiger partial charge is 1.00 e. The predicted molar refractivity (Wildman–Crippen MR) is 192 cm³/mol. The molecule has 19 nitrogen and oxygen atoms in total. The van der Waals surface area contributed by atoms with E-state index in [2.05, 4.69) is 25.4 Å². The first-order chi connectivity index (χ1) is 25.7. The Bertz CT molecular complexity index is 3010. The standard InChI is InChI=1S/C33H25N7O12S3.3Na/c34-24-10-3-17-11-23(54(47,48)49)15-26(41)29(17)30(24)39-37-20-4-1-16(2-5-20)33(43)36-19-6-8-21(9-7-19)38-40-31-27(55(50,51)52)13-18-12-22(53(44,45)46)14-25(35)28(18)32(31)42;;;/h1-15,41-42H,34-35H2,(H,36,43)(H,44,45,46)(H,47,48,49)(H,50,51,52);;;/q;3*+1/p-3. The van der Waals surface area contributed by atoms with Gasteiger partial charge in [0.05, 0.1) is 38.2 Å². The van der Waals surface area contributed by atoms with Gasteiger partial charge in [0.2, 0.25) is 0 Å². The number of fused-ring (bicyclic) bond motifs is 2. The summed E-state index contributed by atoms with van der Waals surface area (Å²) >= 11 is 0. The molecule has 0 aromatic heterocycles. The average molecular weight is 874 g/mol. The minimum atomic E-state index is -5.11. The van der Waals surface area contributed by atoms with Crippen molar-refractivity contribution in [3.05, 3.63) is 96.6 Å². The fraction of sp³-hybridized carbons (Fsp3) is 0. The van der Waals surface area contributed by atoms with Crippen molar-refractivity contribution in [2.24, 2.45) is 25.4 Å². The number of benzene rings is 6. The number of hydrogen-bond acceptors (Lipinski definition) is 16. The topological polar surface area (TPSA) is 346 Å². The van der Waals surface area contributed by atoms with Gasteiger partial charge in [-0.3, -0.25) is 18.7 Å². The molecule has 7 N–H and O–H groups in total. The van der Waals surface area contributed by atoms with Gasteiger partial charge in [-0.2, -0.15) is 35.5 Å². The maximum atomic E-state index is 13.2. The molecule has 0 fully saturated rings. The first kappa shape index (κ1) is 48.8. The normalized spacial score (nSPS) is 12.4. The number of azo groups is 2. The minimum Gasteiger partial charge on any atom is -0.872 e. The number of rotatable bonds is 9. The summed E-state index contributed by atoms with van der Waals surface area (Å²) in [7, 11) is -14.5. The summed E-state index contributed by atoms with van der Waals surface area (Å²) in [5, 5.41) is 53.9. The van der Waals surface area contributed by atoms with Crippen molar-refractivity contribution in [2.75, 3.05) is 11.5 Å². The monoisotopic (exact) mass is 873 g/mol. The molecule has 6 aromatic carbocycles. The van der Waals surface area contributed by atoms with Gasteiger partial charge in [-0.1, -0.05) is 29.7 Å². The smallest absolute Gasteiger partial charge is 0.872 e. The van der Waals surface area contributed by atoms with Crippen LogP contribution in [0.2, 0.25) is 0 Å². The van der Waals surface area contributed by atoms with Crippen molar-refractivity contribution in [2.45, 2.75) is 14.7 Å². The van der Waals surface area contributed by atoms with Crippen LogP contribution in [0.5, 0.6) is 11.5 Å². The molecule has 6 rings (SSSR count). The number of nitrogens with zero attached hydrogens (tertiary/aromatic N) is 5. The zero-order chi connectivity index (χ0) is 40.0. The zero-order valence-electron chi connectivity index (χ0n) is 30.3. The van der Waals surface area contributed by atoms with E-state index in [1.54, 1.807) is 0 Å². The van der Waals surface area contributed by atoms with Crippen LogP contribution in [0.3, 0.4) is 0 Å². The average Bonchev–Trinajstić information content (AvgIpc) is 3.10. The molecule has 0 radical (unpaired) electrons. The SMILES string of the molecule is Nc1ccc2cc(S(=O)(=O)O)cc([O-])c2c1N=Nc1ccc(C([O-])=Nc2ccc(N=Nc3c(S(=O)(=O)O)cc4cc(S(=O)(=O)O)cc(N)c4c3[O-])cc2)cc1.[Na+].[Na+].[Na+]. The summed E-state index contributed by atoms with van der Waals surface area (Å²) in [5.74, 6) is -2.53. The Morgan fingerprint density at radius 2 is 1.03 bits per heavy atom. The number of nitrogens with two attached hydrogens (primary N) is 2. The van der Waals surface area contributed by atoms with Gasteiger partial charge in [0.15, 0.2) is 0 Å². The van der Waals surface area contributed by atoms with Crippen molar-refractivity contribution in [1.29, 1.82) is 0 Å². The van der Waals surface area contributed by atoms with Gasteiger partial charge in [0.25, 0.3) is 30.4 Å². The molecule has 0 saturated carbocycles. The summed E-state index contributed by atoms with van der Waals surface area (Å²) in [6, 6.07) is 18.0. The molecule has 282 valence electrons. The van der Waals surface area contributed by atoms with Gasteiger partial charge in [-0.05, 0) is 100 Å². The fourth-order valence-electron chi connectivity index (χ4n) is 5.23. The van der Waals surface area contributed by atoms with Crippen LogP contribution in [0.1, 0.15) is 5.56 Å². The summed E-state index contributed by atoms with van der Waals surface area (Å²) in [6.07, 6.45) is 0. The molecule has 0 unspecified atom stereocenters. The third kappa shape index (κ3) is 10.8. The van der Waals surface area contributed by atoms with Gasteiger partial charge in [0, 0.05) is 11.1 Å². The maximum absolute atomic E-state index is 13.2. The van der Waals surface area contributed by atoms with E-state index in [-0.39, 0.29) is 144 Å². The molecular weight excluding hydrogens is 852 g/mol. The van der Waals surface area contributed by atoms with Crippen LogP contribution < -0.4 is 115 Å². The second-order valence-electron chi connectivity index (χ2n) is 11.5. The van der Waals surface area contributed by atoms with Gasteiger partial charge in [0.1, 0.15) is 10.6 Å². The van der Waals surface area contributed by atoms with Crippen LogP contribution in [0.25, 0.3) is 21.5 Å². The third-order valence-corrected chi connectivity index (χ3v) is 10.3. The molecule has 0 saturated heterocycles. The van der Waals surface area contributed by atoms with Crippen molar-refractivity contribution in [3.8, 4) is 11.5 Å².